The van der Waals surface area contributed by atoms with Crippen molar-refractivity contribution in [1.82, 2.24) is 5.32 Å². The number of rotatable bonds is 4. The Balaban J connectivity index is 2.20. The topological polar surface area (TPSA) is 21.3 Å². The van der Waals surface area contributed by atoms with Crippen molar-refractivity contribution in [2.45, 2.75) is 13.0 Å². The van der Waals surface area contributed by atoms with Crippen LogP contribution in [0.5, 0.6) is 11.5 Å². The van der Waals surface area contributed by atoms with Crippen molar-refractivity contribution < 1.29 is 9.13 Å². The van der Waals surface area contributed by atoms with Crippen LogP contribution in [0.2, 0.25) is 5.02 Å². The van der Waals surface area contributed by atoms with Crippen molar-refractivity contribution in [3.05, 3.63) is 57.3 Å². The predicted molar refractivity (Wildman–Crippen MR) is 83.1 cm³/mol. The van der Waals surface area contributed by atoms with E-state index in [2.05, 4.69) is 28.2 Å². The maximum atomic E-state index is 13.4. The fraction of sp³-hybridized carbons (Fsp3) is 0.200. The molecule has 0 amide bonds. The molecule has 0 bridgehead atoms. The van der Waals surface area contributed by atoms with Crippen LogP contribution in [-0.4, -0.2) is 7.05 Å². The molecule has 2 nitrogen and oxygen atoms in total. The lowest BCUT2D eigenvalue weighted by Gasteiger charge is -2.12. The quantitative estimate of drug-likeness (QED) is 0.747. The Morgan fingerprint density at radius 3 is 2.50 bits per heavy atom. The van der Waals surface area contributed by atoms with Crippen LogP contribution in [0.25, 0.3) is 0 Å². The van der Waals surface area contributed by atoms with Crippen LogP contribution in [0.1, 0.15) is 18.5 Å². The zero-order valence-corrected chi connectivity index (χ0v) is 13.4. The minimum Gasteiger partial charge on any atom is -0.456 e. The number of benzene rings is 2. The normalized spacial score (nSPS) is 12.2. The van der Waals surface area contributed by atoms with Crippen molar-refractivity contribution in [2.24, 2.45) is 0 Å². The smallest absolute Gasteiger partial charge is 0.145 e. The second-order valence-corrected chi connectivity index (χ2v) is 5.64. The molecule has 5 heteroatoms. The van der Waals surface area contributed by atoms with Gasteiger partial charge in [0.15, 0.2) is 0 Å². The molecule has 1 N–H and O–H groups in total. The molecule has 0 spiro atoms. The molecule has 0 saturated heterocycles. The fourth-order valence-corrected chi connectivity index (χ4v) is 2.42. The van der Waals surface area contributed by atoms with Gasteiger partial charge in [-0.3, -0.25) is 0 Å². The van der Waals surface area contributed by atoms with Gasteiger partial charge in [-0.05, 0) is 53.7 Å². The molecule has 2 aromatic carbocycles. The average molecular weight is 359 g/mol. The molecule has 0 heterocycles. The first-order valence-electron chi connectivity index (χ1n) is 6.11. The molecule has 2 aromatic rings. The van der Waals surface area contributed by atoms with E-state index in [1.807, 2.05) is 31.3 Å². The van der Waals surface area contributed by atoms with Gasteiger partial charge in [0.25, 0.3) is 0 Å². The number of ether oxygens (including phenoxy) is 1. The van der Waals surface area contributed by atoms with E-state index in [-0.39, 0.29) is 11.1 Å². The van der Waals surface area contributed by atoms with Crippen LogP contribution in [-0.2, 0) is 0 Å². The van der Waals surface area contributed by atoms with Gasteiger partial charge >= 0.3 is 0 Å². The van der Waals surface area contributed by atoms with Crippen LogP contribution >= 0.6 is 27.5 Å². The summed E-state index contributed by atoms with van der Waals surface area (Å²) in [4.78, 5) is 0. The monoisotopic (exact) mass is 357 g/mol. The molecule has 2 rings (SSSR count). The van der Waals surface area contributed by atoms with E-state index in [4.69, 9.17) is 16.3 Å². The standard InChI is InChI=1S/C15H14BrClFNO/c1-9(19-2)10-3-5-11(6-4-10)20-15-8-14(18)13(17)7-12(15)16/h3-9,19H,1-2H3. The molecule has 20 heavy (non-hydrogen) atoms. The largest absolute Gasteiger partial charge is 0.456 e. The molecule has 0 aliphatic rings. The van der Waals surface area contributed by atoms with Crippen LogP contribution in [0.15, 0.2) is 40.9 Å². The number of hydrogen-bond donors (Lipinski definition) is 1. The summed E-state index contributed by atoms with van der Waals surface area (Å²) in [5.74, 6) is 0.520. The predicted octanol–water partition coefficient (Wildman–Crippen LogP) is 5.31. The van der Waals surface area contributed by atoms with Crippen molar-refractivity contribution in [1.29, 1.82) is 0 Å². The summed E-state index contributed by atoms with van der Waals surface area (Å²) >= 11 is 8.99. The number of nitrogens with one attached hydrogen (secondary N) is 1. The van der Waals surface area contributed by atoms with E-state index < -0.39 is 5.82 Å². The molecule has 0 aliphatic carbocycles. The molecule has 1 unspecified atom stereocenters. The van der Waals surface area contributed by atoms with Gasteiger partial charge in [-0.2, -0.15) is 0 Å². The summed E-state index contributed by atoms with van der Waals surface area (Å²) in [6.07, 6.45) is 0. The maximum absolute atomic E-state index is 13.4. The third-order valence-electron chi connectivity index (χ3n) is 3.02. The highest BCUT2D eigenvalue weighted by Crippen LogP contribution is 2.34. The molecule has 106 valence electrons. The van der Waals surface area contributed by atoms with Gasteiger partial charge in [0.05, 0.1) is 9.50 Å². The van der Waals surface area contributed by atoms with E-state index in [0.717, 1.165) is 5.56 Å². The molecule has 1 atom stereocenters. The van der Waals surface area contributed by atoms with E-state index >= 15 is 0 Å². The van der Waals surface area contributed by atoms with E-state index in [1.165, 1.54) is 12.1 Å². The number of hydrogen-bond acceptors (Lipinski definition) is 2. The molecule has 0 aromatic heterocycles. The Kier molecular flexibility index (Phi) is 5.02. The lowest BCUT2D eigenvalue weighted by atomic mass is 10.1. The van der Waals surface area contributed by atoms with Gasteiger partial charge < -0.3 is 10.1 Å². The minimum atomic E-state index is -0.509. The van der Waals surface area contributed by atoms with Crippen molar-refractivity contribution in [3.63, 3.8) is 0 Å². The second-order valence-electron chi connectivity index (χ2n) is 4.38. The van der Waals surface area contributed by atoms with Crippen LogP contribution in [0.3, 0.4) is 0 Å². The third-order valence-corrected chi connectivity index (χ3v) is 3.93. The van der Waals surface area contributed by atoms with Crippen molar-refractivity contribution in [3.8, 4) is 11.5 Å². The van der Waals surface area contributed by atoms with Crippen LogP contribution in [0, 0.1) is 5.82 Å². The van der Waals surface area contributed by atoms with Gasteiger partial charge in [0, 0.05) is 12.1 Å². The molecule has 0 fully saturated rings. The van der Waals surface area contributed by atoms with Crippen molar-refractivity contribution >= 4 is 27.5 Å². The summed E-state index contributed by atoms with van der Waals surface area (Å²) in [7, 11) is 1.91. The van der Waals surface area contributed by atoms with Gasteiger partial charge in [0.1, 0.15) is 17.3 Å². The molecule has 0 saturated carbocycles. The average Bonchev–Trinajstić information content (AvgIpc) is 2.44. The zero-order chi connectivity index (χ0) is 14.7. The van der Waals surface area contributed by atoms with E-state index in [9.17, 15) is 4.39 Å². The summed E-state index contributed by atoms with van der Waals surface area (Å²) in [6.45, 7) is 2.07. The minimum absolute atomic E-state index is 0.0578. The molecule has 0 radical (unpaired) electrons. The Labute approximate surface area is 131 Å². The number of halogens is 3. The first-order chi connectivity index (χ1) is 9.51. The maximum Gasteiger partial charge on any atom is 0.145 e. The third kappa shape index (κ3) is 3.51. The Hall–Kier alpha value is -1.10. The zero-order valence-electron chi connectivity index (χ0n) is 11.1. The first-order valence-corrected chi connectivity index (χ1v) is 7.28. The van der Waals surface area contributed by atoms with Gasteiger partial charge in [-0.1, -0.05) is 23.7 Å². The lowest BCUT2D eigenvalue weighted by Crippen LogP contribution is -2.11. The Bertz CT molecular complexity index is 604. The SMILES string of the molecule is CNC(C)c1ccc(Oc2cc(F)c(Cl)cc2Br)cc1. The Morgan fingerprint density at radius 2 is 1.90 bits per heavy atom. The fourth-order valence-electron chi connectivity index (χ4n) is 1.70. The lowest BCUT2D eigenvalue weighted by molar-refractivity contribution is 0.473. The summed E-state index contributed by atoms with van der Waals surface area (Å²) in [6, 6.07) is 10.6. The molecule has 0 aliphatic heterocycles. The molecular formula is C15H14BrClFNO. The molecular weight excluding hydrogens is 345 g/mol. The summed E-state index contributed by atoms with van der Waals surface area (Å²) in [5.41, 5.74) is 1.15. The first kappa shape index (κ1) is 15.3. The highest BCUT2D eigenvalue weighted by Gasteiger charge is 2.09. The Morgan fingerprint density at radius 1 is 1.25 bits per heavy atom. The van der Waals surface area contributed by atoms with Gasteiger partial charge in [-0.15, -0.1) is 0 Å². The highest BCUT2D eigenvalue weighted by atomic mass is 79.9. The summed E-state index contributed by atoms with van der Waals surface area (Å²) in [5, 5.41) is 3.22. The summed E-state index contributed by atoms with van der Waals surface area (Å²) < 4.78 is 19.7. The van der Waals surface area contributed by atoms with Crippen LogP contribution < -0.4 is 10.1 Å². The van der Waals surface area contributed by atoms with E-state index in [0.29, 0.717) is 16.0 Å². The van der Waals surface area contributed by atoms with Gasteiger partial charge in [0.2, 0.25) is 0 Å². The van der Waals surface area contributed by atoms with Crippen LogP contribution in [0.4, 0.5) is 4.39 Å². The second kappa shape index (κ2) is 6.57. The van der Waals surface area contributed by atoms with E-state index in [1.54, 1.807) is 0 Å². The van der Waals surface area contributed by atoms with Crippen molar-refractivity contribution in [2.75, 3.05) is 7.05 Å². The highest BCUT2D eigenvalue weighted by molar-refractivity contribution is 9.10. The van der Waals surface area contributed by atoms with Gasteiger partial charge in [-0.25, -0.2) is 4.39 Å².